The fourth-order valence-electron chi connectivity index (χ4n) is 1.88. The summed E-state index contributed by atoms with van der Waals surface area (Å²) in [6.07, 6.45) is 0.390. The minimum Gasteiger partial charge on any atom is -0.392 e. The third kappa shape index (κ3) is 4.84. The van der Waals surface area contributed by atoms with Crippen molar-refractivity contribution >= 4 is 0 Å². The molecule has 1 rings (SSSR count). The summed E-state index contributed by atoms with van der Waals surface area (Å²) >= 11 is 0. The molecule has 2 atom stereocenters. The molecule has 1 aromatic carbocycles. The van der Waals surface area contributed by atoms with Crippen LogP contribution >= 0.6 is 0 Å². The van der Waals surface area contributed by atoms with E-state index in [9.17, 15) is 9.50 Å². The average Bonchev–Trinajstić information content (AvgIpc) is 2.25. The van der Waals surface area contributed by atoms with Gasteiger partial charge in [0.2, 0.25) is 0 Å². The number of rotatable bonds is 6. The van der Waals surface area contributed by atoms with Gasteiger partial charge in [0.25, 0.3) is 0 Å². The lowest BCUT2D eigenvalue weighted by molar-refractivity contribution is 0.143. The summed E-state index contributed by atoms with van der Waals surface area (Å²) in [5.41, 5.74) is 0.643. The van der Waals surface area contributed by atoms with E-state index in [2.05, 4.69) is 19.2 Å². The molecule has 17 heavy (non-hydrogen) atoms. The molecule has 0 spiro atoms. The van der Waals surface area contributed by atoms with Crippen molar-refractivity contribution in [2.24, 2.45) is 5.92 Å². The van der Waals surface area contributed by atoms with Crippen molar-refractivity contribution < 1.29 is 9.50 Å². The van der Waals surface area contributed by atoms with E-state index in [1.54, 1.807) is 12.1 Å². The van der Waals surface area contributed by atoms with Crippen LogP contribution in [0.25, 0.3) is 0 Å². The molecule has 0 bridgehead atoms. The second-order valence-electron chi connectivity index (χ2n) is 4.93. The van der Waals surface area contributed by atoms with E-state index in [0.717, 1.165) is 6.42 Å². The number of halogens is 1. The van der Waals surface area contributed by atoms with Crippen molar-refractivity contribution in [3.63, 3.8) is 0 Å². The van der Waals surface area contributed by atoms with Crippen molar-refractivity contribution in [1.82, 2.24) is 5.32 Å². The highest BCUT2D eigenvalue weighted by atomic mass is 19.1. The van der Waals surface area contributed by atoms with Gasteiger partial charge in [0, 0.05) is 18.2 Å². The molecule has 0 aromatic heterocycles. The summed E-state index contributed by atoms with van der Waals surface area (Å²) in [6.45, 7) is 6.54. The summed E-state index contributed by atoms with van der Waals surface area (Å²) in [5.74, 6) is 0.265. The van der Waals surface area contributed by atoms with Crippen molar-refractivity contribution in [3.05, 3.63) is 35.6 Å². The summed E-state index contributed by atoms with van der Waals surface area (Å²) in [7, 11) is 0. The molecule has 0 amide bonds. The van der Waals surface area contributed by atoms with Gasteiger partial charge in [-0.1, -0.05) is 32.0 Å². The van der Waals surface area contributed by atoms with Crippen LogP contribution in [0, 0.1) is 11.7 Å². The van der Waals surface area contributed by atoms with E-state index in [1.165, 1.54) is 6.07 Å². The molecule has 0 fully saturated rings. The largest absolute Gasteiger partial charge is 0.392 e. The molecule has 1 aromatic rings. The van der Waals surface area contributed by atoms with Gasteiger partial charge in [0.1, 0.15) is 5.82 Å². The first-order chi connectivity index (χ1) is 8.00. The first kappa shape index (κ1) is 14.1. The lowest BCUT2D eigenvalue weighted by Gasteiger charge is -2.19. The molecule has 2 unspecified atom stereocenters. The summed E-state index contributed by atoms with van der Waals surface area (Å²) in [5, 5.41) is 12.9. The lowest BCUT2D eigenvalue weighted by Crippen LogP contribution is -2.30. The van der Waals surface area contributed by atoms with Gasteiger partial charge in [0.05, 0.1) is 6.10 Å². The third-order valence-corrected chi connectivity index (χ3v) is 2.77. The van der Waals surface area contributed by atoms with E-state index < -0.39 is 0 Å². The van der Waals surface area contributed by atoms with Crippen molar-refractivity contribution in [2.75, 3.05) is 6.54 Å². The van der Waals surface area contributed by atoms with Crippen LogP contribution in [0.5, 0.6) is 0 Å². The number of hydrogen-bond acceptors (Lipinski definition) is 2. The van der Waals surface area contributed by atoms with E-state index in [1.807, 2.05) is 13.0 Å². The van der Waals surface area contributed by atoms with Gasteiger partial charge in [0.15, 0.2) is 0 Å². The monoisotopic (exact) mass is 239 g/mol. The Morgan fingerprint density at radius 3 is 2.47 bits per heavy atom. The predicted octanol–water partition coefficient (Wildman–Crippen LogP) is 2.88. The van der Waals surface area contributed by atoms with Crippen LogP contribution in [0.15, 0.2) is 24.3 Å². The smallest absolute Gasteiger partial charge is 0.127 e. The maximum absolute atomic E-state index is 13.5. The minimum absolute atomic E-state index is 0.0852. The summed E-state index contributed by atoms with van der Waals surface area (Å²) in [4.78, 5) is 0. The molecule has 0 aliphatic heterocycles. The molecule has 0 aliphatic rings. The molecule has 96 valence electrons. The highest BCUT2D eigenvalue weighted by molar-refractivity contribution is 5.20. The zero-order valence-corrected chi connectivity index (χ0v) is 10.8. The average molecular weight is 239 g/mol. The van der Waals surface area contributed by atoms with Gasteiger partial charge < -0.3 is 10.4 Å². The van der Waals surface area contributed by atoms with Crippen LogP contribution in [-0.2, 0) is 0 Å². The number of benzene rings is 1. The molecule has 0 heterocycles. The van der Waals surface area contributed by atoms with Gasteiger partial charge in [-0.15, -0.1) is 0 Å². The Morgan fingerprint density at radius 2 is 1.88 bits per heavy atom. The van der Waals surface area contributed by atoms with Crippen molar-refractivity contribution in [3.8, 4) is 0 Å². The highest BCUT2D eigenvalue weighted by Crippen LogP contribution is 2.16. The molecule has 0 aliphatic carbocycles. The lowest BCUT2D eigenvalue weighted by atomic mass is 10.0. The van der Waals surface area contributed by atoms with Crippen LogP contribution in [0.1, 0.15) is 38.8 Å². The Bertz CT molecular complexity index is 341. The molecule has 3 heteroatoms. The van der Waals surface area contributed by atoms with E-state index in [0.29, 0.717) is 18.0 Å². The van der Waals surface area contributed by atoms with Crippen LogP contribution < -0.4 is 5.32 Å². The second kappa shape index (κ2) is 6.72. The Morgan fingerprint density at radius 1 is 1.24 bits per heavy atom. The fourth-order valence-corrected chi connectivity index (χ4v) is 1.88. The van der Waals surface area contributed by atoms with E-state index in [4.69, 9.17) is 0 Å². The van der Waals surface area contributed by atoms with Gasteiger partial charge in [-0.25, -0.2) is 4.39 Å². The molecular formula is C14H22FNO. The zero-order valence-electron chi connectivity index (χ0n) is 10.8. The molecular weight excluding hydrogens is 217 g/mol. The highest BCUT2D eigenvalue weighted by Gasteiger charge is 2.12. The summed E-state index contributed by atoms with van der Waals surface area (Å²) in [6, 6.07) is 6.64. The minimum atomic E-state index is -0.371. The molecule has 2 nitrogen and oxygen atoms in total. The van der Waals surface area contributed by atoms with Crippen LogP contribution in [-0.4, -0.2) is 17.8 Å². The van der Waals surface area contributed by atoms with Crippen molar-refractivity contribution in [1.29, 1.82) is 0 Å². The van der Waals surface area contributed by atoms with E-state index in [-0.39, 0.29) is 18.0 Å². The first-order valence-corrected chi connectivity index (χ1v) is 6.16. The SMILES string of the molecule is CC(C)CC(O)CNC(C)c1ccccc1F. The molecule has 0 saturated heterocycles. The molecule has 0 saturated carbocycles. The number of nitrogens with one attached hydrogen (secondary N) is 1. The Balaban J connectivity index is 2.45. The van der Waals surface area contributed by atoms with Crippen LogP contribution in [0.4, 0.5) is 4.39 Å². The Labute approximate surface area is 103 Å². The first-order valence-electron chi connectivity index (χ1n) is 6.16. The second-order valence-corrected chi connectivity index (χ2v) is 4.93. The normalized spacial score (nSPS) is 14.9. The Kier molecular flexibility index (Phi) is 5.59. The van der Waals surface area contributed by atoms with Gasteiger partial charge in [-0.2, -0.15) is 0 Å². The van der Waals surface area contributed by atoms with Crippen molar-refractivity contribution in [2.45, 2.75) is 39.3 Å². The maximum Gasteiger partial charge on any atom is 0.127 e. The van der Waals surface area contributed by atoms with Crippen LogP contribution in [0.2, 0.25) is 0 Å². The quantitative estimate of drug-likeness (QED) is 0.800. The third-order valence-electron chi connectivity index (χ3n) is 2.77. The fraction of sp³-hybridized carbons (Fsp3) is 0.571. The number of hydrogen-bond donors (Lipinski definition) is 2. The van der Waals surface area contributed by atoms with Crippen LogP contribution in [0.3, 0.4) is 0 Å². The van der Waals surface area contributed by atoms with E-state index >= 15 is 0 Å². The standard InChI is InChI=1S/C14H22FNO/c1-10(2)8-12(17)9-16-11(3)13-6-4-5-7-14(13)15/h4-7,10-12,16-17H,8-9H2,1-3H3. The topological polar surface area (TPSA) is 32.3 Å². The number of aliphatic hydroxyl groups is 1. The van der Waals surface area contributed by atoms with Gasteiger partial charge >= 0.3 is 0 Å². The molecule has 0 radical (unpaired) electrons. The molecule has 2 N–H and O–H groups in total. The predicted molar refractivity (Wildman–Crippen MR) is 68.3 cm³/mol. The number of aliphatic hydroxyl groups excluding tert-OH is 1. The van der Waals surface area contributed by atoms with Gasteiger partial charge in [-0.05, 0) is 25.3 Å². The zero-order chi connectivity index (χ0) is 12.8. The van der Waals surface area contributed by atoms with Gasteiger partial charge in [-0.3, -0.25) is 0 Å². The maximum atomic E-state index is 13.5. The summed E-state index contributed by atoms with van der Waals surface area (Å²) < 4.78 is 13.5. The Hall–Kier alpha value is -0.930.